The van der Waals surface area contributed by atoms with Crippen molar-refractivity contribution in [1.29, 1.82) is 0 Å². The number of ether oxygens (including phenoxy) is 2. The van der Waals surface area contributed by atoms with Crippen molar-refractivity contribution in [3.05, 3.63) is 48.5 Å². The maximum atomic E-state index is 9.60. The number of methoxy groups -OCH3 is 2. The fourth-order valence-electron chi connectivity index (χ4n) is 4.02. The van der Waals surface area contributed by atoms with Gasteiger partial charge in [-0.05, 0) is 24.5 Å². The summed E-state index contributed by atoms with van der Waals surface area (Å²) in [5.41, 5.74) is 1.53. The zero-order valence-electron chi connectivity index (χ0n) is 18.6. The smallest absolute Gasteiger partial charge is 0.167 e. The summed E-state index contributed by atoms with van der Waals surface area (Å²) < 4.78 is 11.2. The standard InChI is InChI=1S/C14H28O2.C12H10O2/c1-15-14(16-2)12-10-8-6-4-3-5-7-9-11-13-14;13-11-8-4-7-10(12(11)14)9-5-2-1-3-6-9/h3-13H2,1-2H3;1-8,13-14H. The summed E-state index contributed by atoms with van der Waals surface area (Å²) in [6.45, 7) is 0. The van der Waals surface area contributed by atoms with Crippen LogP contribution in [0.4, 0.5) is 0 Å². The summed E-state index contributed by atoms with van der Waals surface area (Å²) in [5, 5.41) is 18.9. The molecule has 1 aliphatic carbocycles. The molecule has 0 amide bonds. The highest BCUT2D eigenvalue weighted by molar-refractivity contribution is 5.72. The number of benzene rings is 2. The normalized spacial score (nSPS) is 17.7. The Hall–Kier alpha value is -2.04. The monoisotopic (exact) mass is 414 g/mol. The van der Waals surface area contributed by atoms with Crippen molar-refractivity contribution in [2.75, 3.05) is 14.2 Å². The molecular formula is C26H38O4. The third-order valence-corrected chi connectivity index (χ3v) is 5.96. The molecule has 2 aromatic carbocycles. The van der Waals surface area contributed by atoms with Crippen molar-refractivity contribution in [2.45, 2.75) is 76.4 Å². The Bertz CT molecular complexity index is 696. The van der Waals surface area contributed by atoms with E-state index in [4.69, 9.17) is 9.47 Å². The van der Waals surface area contributed by atoms with Gasteiger partial charge in [0.1, 0.15) is 0 Å². The van der Waals surface area contributed by atoms with Gasteiger partial charge >= 0.3 is 0 Å². The van der Waals surface area contributed by atoms with Crippen LogP contribution in [0.25, 0.3) is 11.1 Å². The average molecular weight is 415 g/mol. The number of hydrogen-bond donors (Lipinski definition) is 2. The van der Waals surface area contributed by atoms with Crippen molar-refractivity contribution in [1.82, 2.24) is 0 Å². The molecule has 30 heavy (non-hydrogen) atoms. The van der Waals surface area contributed by atoms with Crippen LogP contribution >= 0.6 is 0 Å². The van der Waals surface area contributed by atoms with E-state index < -0.39 is 0 Å². The Kier molecular flexibility index (Phi) is 10.7. The second-order valence-electron chi connectivity index (χ2n) is 8.04. The highest BCUT2D eigenvalue weighted by Gasteiger charge is 2.28. The summed E-state index contributed by atoms with van der Waals surface area (Å²) in [5.74, 6) is -0.454. The quantitative estimate of drug-likeness (QED) is 0.417. The molecule has 0 saturated heterocycles. The van der Waals surface area contributed by atoms with Gasteiger partial charge in [0.05, 0.1) is 0 Å². The molecule has 0 spiro atoms. The predicted octanol–water partition coefficient (Wildman–Crippen LogP) is 7.05. The predicted molar refractivity (Wildman–Crippen MR) is 123 cm³/mol. The number of hydrogen-bond acceptors (Lipinski definition) is 4. The van der Waals surface area contributed by atoms with Gasteiger partial charge in [0, 0.05) is 32.6 Å². The molecule has 1 saturated carbocycles. The lowest BCUT2D eigenvalue weighted by atomic mass is 9.97. The second-order valence-corrected chi connectivity index (χ2v) is 8.04. The minimum Gasteiger partial charge on any atom is -0.504 e. The molecule has 0 heterocycles. The molecule has 3 rings (SSSR count). The first-order chi connectivity index (χ1) is 14.6. The minimum absolute atomic E-state index is 0.0706. The molecule has 2 aromatic rings. The van der Waals surface area contributed by atoms with E-state index in [-0.39, 0.29) is 17.3 Å². The second kappa shape index (κ2) is 13.3. The molecule has 0 radical (unpaired) electrons. The van der Waals surface area contributed by atoms with Crippen LogP contribution in [-0.4, -0.2) is 30.2 Å². The third-order valence-electron chi connectivity index (χ3n) is 5.96. The van der Waals surface area contributed by atoms with E-state index in [0.717, 1.165) is 18.4 Å². The lowest BCUT2D eigenvalue weighted by molar-refractivity contribution is -0.216. The van der Waals surface area contributed by atoms with Gasteiger partial charge in [-0.3, -0.25) is 0 Å². The largest absolute Gasteiger partial charge is 0.504 e. The van der Waals surface area contributed by atoms with Crippen LogP contribution in [-0.2, 0) is 9.47 Å². The topological polar surface area (TPSA) is 58.9 Å². The first kappa shape index (κ1) is 24.2. The van der Waals surface area contributed by atoms with Crippen molar-refractivity contribution in [3.63, 3.8) is 0 Å². The van der Waals surface area contributed by atoms with Crippen LogP contribution in [0.5, 0.6) is 11.5 Å². The van der Waals surface area contributed by atoms with Gasteiger partial charge in [0.2, 0.25) is 0 Å². The number of aromatic hydroxyl groups is 2. The van der Waals surface area contributed by atoms with Crippen molar-refractivity contribution >= 4 is 0 Å². The van der Waals surface area contributed by atoms with E-state index in [1.54, 1.807) is 26.4 Å². The van der Waals surface area contributed by atoms with E-state index in [1.165, 1.54) is 63.9 Å². The molecule has 1 aliphatic rings. The highest BCUT2D eigenvalue weighted by atomic mass is 16.7. The SMILES string of the molecule is COC1(OC)CCCCCCCCCCC1.Oc1cccc(-c2ccccc2)c1O. The molecule has 166 valence electrons. The Morgan fingerprint density at radius 2 is 1.13 bits per heavy atom. The zero-order chi connectivity index (χ0) is 21.7. The Balaban J connectivity index is 0.000000215. The lowest BCUT2D eigenvalue weighted by Gasteiger charge is -2.31. The number of phenols is 2. The fourth-order valence-corrected chi connectivity index (χ4v) is 4.02. The number of phenolic OH excluding ortho intramolecular Hbond substituents is 2. The third kappa shape index (κ3) is 7.66. The molecule has 4 heteroatoms. The van der Waals surface area contributed by atoms with Crippen LogP contribution in [0.15, 0.2) is 48.5 Å². The molecule has 0 atom stereocenters. The van der Waals surface area contributed by atoms with E-state index in [0.29, 0.717) is 5.56 Å². The number of para-hydroxylation sites is 1. The fraction of sp³-hybridized carbons (Fsp3) is 0.538. The molecule has 0 bridgehead atoms. The molecule has 1 fully saturated rings. The Morgan fingerprint density at radius 1 is 0.633 bits per heavy atom. The lowest BCUT2D eigenvalue weighted by Crippen LogP contribution is -2.33. The van der Waals surface area contributed by atoms with Crippen LogP contribution in [0.3, 0.4) is 0 Å². The van der Waals surface area contributed by atoms with Crippen LogP contribution in [0.1, 0.15) is 70.6 Å². The molecule has 0 aliphatic heterocycles. The molecule has 0 aromatic heterocycles. The van der Waals surface area contributed by atoms with Gasteiger partial charge in [0.15, 0.2) is 17.3 Å². The van der Waals surface area contributed by atoms with E-state index in [9.17, 15) is 10.2 Å². The summed E-state index contributed by atoms with van der Waals surface area (Å²) in [6.07, 6.45) is 14.2. The van der Waals surface area contributed by atoms with Gasteiger partial charge in [-0.15, -0.1) is 0 Å². The Morgan fingerprint density at radius 3 is 1.63 bits per heavy atom. The zero-order valence-corrected chi connectivity index (χ0v) is 18.6. The molecule has 4 nitrogen and oxygen atoms in total. The summed E-state index contributed by atoms with van der Waals surface area (Å²) >= 11 is 0. The van der Waals surface area contributed by atoms with E-state index in [1.807, 2.05) is 30.3 Å². The van der Waals surface area contributed by atoms with Gasteiger partial charge in [-0.25, -0.2) is 0 Å². The summed E-state index contributed by atoms with van der Waals surface area (Å²) in [6, 6.07) is 14.4. The average Bonchev–Trinajstić information content (AvgIpc) is 2.78. The number of rotatable bonds is 3. The highest BCUT2D eigenvalue weighted by Crippen LogP contribution is 2.35. The van der Waals surface area contributed by atoms with Gasteiger partial charge in [0.25, 0.3) is 0 Å². The summed E-state index contributed by atoms with van der Waals surface area (Å²) in [7, 11) is 3.57. The van der Waals surface area contributed by atoms with Crippen molar-refractivity contribution < 1.29 is 19.7 Å². The molecule has 2 N–H and O–H groups in total. The van der Waals surface area contributed by atoms with Gasteiger partial charge in [-0.1, -0.05) is 87.4 Å². The minimum atomic E-state index is -0.292. The van der Waals surface area contributed by atoms with Crippen molar-refractivity contribution in [3.8, 4) is 22.6 Å². The molecule has 0 unspecified atom stereocenters. The van der Waals surface area contributed by atoms with Crippen LogP contribution in [0, 0.1) is 0 Å². The first-order valence-corrected chi connectivity index (χ1v) is 11.3. The first-order valence-electron chi connectivity index (χ1n) is 11.3. The Labute approximate surface area is 181 Å². The molecular weight excluding hydrogens is 376 g/mol. The maximum Gasteiger partial charge on any atom is 0.167 e. The maximum absolute atomic E-state index is 9.60. The van der Waals surface area contributed by atoms with Gasteiger partial charge in [-0.2, -0.15) is 0 Å². The summed E-state index contributed by atoms with van der Waals surface area (Å²) in [4.78, 5) is 0. The van der Waals surface area contributed by atoms with Crippen LogP contribution < -0.4 is 0 Å². The van der Waals surface area contributed by atoms with Gasteiger partial charge < -0.3 is 19.7 Å². The van der Waals surface area contributed by atoms with Crippen LogP contribution in [0.2, 0.25) is 0 Å². The van der Waals surface area contributed by atoms with E-state index in [2.05, 4.69) is 0 Å². The van der Waals surface area contributed by atoms with Crippen molar-refractivity contribution in [2.24, 2.45) is 0 Å². The van der Waals surface area contributed by atoms with E-state index >= 15 is 0 Å².